The Bertz CT molecular complexity index is 1340. The normalized spacial score (nSPS) is 10.9. The Morgan fingerprint density at radius 1 is 0.651 bits per heavy atom. The molecule has 0 saturated carbocycles. The van der Waals surface area contributed by atoms with Gasteiger partial charge in [-0.15, -0.1) is 0 Å². The molecule has 43 heavy (non-hydrogen) atoms. The van der Waals surface area contributed by atoms with Gasteiger partial charge >= 0.3 is 17.9 Å². The van der Waals surface area contributed by atoms with Crippen LogP contribution in [-0.2, 0) is 4.79 Å². The molecule has 0 aliphatic rings. The van der Waals surface area contributed by atoms with Crippen molar-refractivity contribution in [3.63, 3.8) is 0 Å². The van der Waals surface area contributed by atoms with E-state index in [9.17, 15) is 14.4 Å². The van der Waals surface area contributed by atoms with Gasteiger partial charge in [-0.05, 0) is 79.6 Å². The predicted molar refractivity (Wildman–Crippen MR) is 164 cm³/mol. The fourth-order valence-electron chi connectivity index (χ4n) is 4.25. The molecule has 10 nitrogen and oxygen atoms in total. The molecule has 0 amide bonds. The molecule has 0 aliphatic heterocycles. The summed E-state index contributed by atoms with van der Waals surface area (Å²) in [4.78, 5) is 36.5. The standard InChI is InChI=1S/C33H39N3O7/c1-36(2)28-16-12-26(13-17-28)34-35-27-14-18-29(19-15-27)42-20-10-8-6-4-3-5-7-9-11-31(37)43-30-22-24(32(38)39)21-25(23-30)33(40)41/h12-19,21-23H,3-11,20H2,1-2H3,(H,38,39)(H,40,41). The van der Waals surface area contributed by atoms with Gasteiger partial charge in [0.05, 0.1) is 29.1 Å². The molecule has 0 fully saturated rings. The van der Waals surface area contributed by atoms with E-state index in [2.05, 4.69) is 10.2 Å². The summed E-state index contributed by atoms with van der Waals surface area (Å²) in [7, 11) is 3.99. The summed E-state index contributed by atoms with van der Waals surface area (Å²) in [5, 5.41) is 26.8. The predicted octanol–water partition coefficient (Wildman–Crippen LogP) is 8.06. The zero-order valence-corrected chi connectivity index (χ0v) is 24.7. The van der Waals surface area contributed by atoms with Gasteiger partial charge in [0.15, 0.2) is 0 Å². The van der Waals surface area contributed by atoms with Crippen molar-refractivity contribution in [1.82, 2.24) is 0 Å². The second-order valence-electron chi connectivity index (χ2n) is 10.4. The summed E-state index contributed by atoms with van der Waals surface area (Å²) in [5.41, 5.74) is 2.18. The van der Waals surface area contributed by atoms with Crippen LogP contribution in [0.5, 0.6) is 11.5 Å². The van der Waals surface area contributed by atoms with Crippen molar-refractivity contribution in [3.05, 3.63) is 77.9 Å². The molecule has 3 rings (SSSR count). The van der Waals surface area contributed by atoms with Crippen LogP contribution in [0.2, 0.25) is 0 Å². The Kier molecular flexibility index (Phi) is 13.2. The zero-order valence-electron chi connectivity index (χ0n) is 24.7. The molecule has 0 radical (unpaired) electrons. The topological polar surface area (TPSA) is 138 Å². The number of carbonyl (C=O) groups excluding carboxylic acids is 1. The average molecular weight is 590 g/mol. The molecule has 0 bridgehead atoms. The molecule has 3 aromatic carbocycles. The van der Waals surface area contributed by atoms with E-state index in [0.29, 0.717) is 13.0 Å². The number of carboxylic acids is 2. The Morgan fingerprint density at radius 3 is 1.65 bits per heavy atom. The summed E-state index contributed by atoms with van der Waals surface area (Å²) in [6.45, 7) is 0.657. The number of carbonyl (C=O) groups is 3. The second-order valence-corrected chi connectivity index (χ2v) is 10.4. The molecule has 0 spiro atoms. The highest BCUT2D eigenvalue weighted by atomic mass is 16.5. The number of nitrogens with zero attached hydrogens (tertiary/aromatic N) is 3. The molecular formula is C33H39N3O7. The van der Waals surface area contributed by atoms with E-state index in [-0.39, 0.29) is 23.3 Å². The van der Waals surface area contributed by atoms with Gasteiger partial charge in [0.1, 0.15) is 11.5 Å². The van der Waals surface area contributed by atoms with E-state index < -0.39 is 17.9 Å². The summed E-state index contributed by atoms with van der Waals surface area (Å²) >= 11 is 0. The maximum atomic E-state index is 12.1. The Morgan fingerprint density at radius 2 is 1.14 bits per heavy atom. The van der Waals surface area contributed by atoms with Crippen LogP contribution in [-0.4, -0.2) is 48.8 Å². The van der Waals surface area contributed by atoms with Crippen molar-refractivity contribution >= 4 is 35.0 Å². The highest BCUT2D eigenvalue weighted by Crippen LogP contribution is 2.23. The third-order valence-electron chi connectivity index (χ3n) is 6.66. The number of benzene rings is 3. The third-order valence-corrected chi connectivity index (χ3v) is 6.66. The first kappa shape index (κ1) is 32.8. The number of esters is 1. The van der Waals surface area contributed by atoms with E-state index in [1.165, 1.54) is 0 Å². The largest absolute Gasteiger partial charge is 0.494 e. The molecular weight excluding hydrogens is 550 g/mol. The molecule has 0 unspecified atom stereocenters. The number of anilines is 1. The van der Waals surface area contributed by atoms with Gasteiger partial charge in [-0.2, -0.15) is 10.2 Å². The van der Waals surface area contributed by atoms with E-state index in [0.717, 1.165) is 86.0 Å². The lowest BCUT2D eigenvalue weighted by atomic mass is 10.1. The highest BCUT2D eigenvalue weighted by molar-refractivity contribution is 5.94. The lowest BCUT2D eigenvalue weighted by molar-refractivity contribution is -0.134. The maximum Gasteiger partial charge on any atom is 0.335 e. The van der Waals surface area contributed by atoms with Crippen LogP contribution in [0.15, 0.2) is 77.0 Å². The van der Waals surface area contributed by atoms with E-state index in [1.54, 1.807) is 0 Å². The Balaban J connectivity index is 1.21. The molecule has 228 valence electrons. The molecule has 2 N–H and O–H groups in total. The molecule has 3 aromatic rings. The van der Waals surface area contributed by atoms with Gasteiger partial charge in [-0.3, -0.25) is 4.79 Å². The van der Waals surface area contributed by atoms with Crippen LogP contribution in [0.1, 0.15) is 78.5 Å². The SMILES string of the molecule is CN(C)c1ccc(N=Nc2ccc(OCCCCCCCCCCC(=O)Oc3cc(C(=O)O)cc(C(=O)O)c3)cc2)cc1. The first-order chi connectivity index (χ1) is 20.7. The van der Waals surface area contributed by atoms with Crippen molar-refractivity contribution in [2.75, 3.05) is 25.6 Å². The molecule has 10 heteroatoms. The summed E-state index contributed by atoms with van der Waals surface area (Å²) < 4.78 is 11.0. The first-order valence-electron chi connectivity index (χ1n) is 14.5. The lowest BCUT2D eigenvalue weighted by Crippen LogP contribution is -2.10. The van der Waals surface area contributed by atoms with Crippen LogP contribution < -0.4 is 14.4 Å². The number of rotatable bonds is 18. The minimum atomic E-state index is -1.29. The van der Waals surface area contributed by atoms with Crippen LogP contribution in [0, 0.1) is 0 Å². The molecule has 0 atom stereocenters. The summed E-state index contributed by atoms with van der Waals surface area (Å²) in [6, 6.07) is 18.8. The number of ether oxygens (including phenoxy) is 2. The van der Waals surface area contributed by atoms with Gasteiger partial charge in [0.2, 0.25) is 0 Å². The van der Waals surface area contributed by atoms with Crippen molar-refractivity contribution in [1.29, 1.82) is 0 Å². The lowest BCUT2D eigenvalue weighted by Gasteiger charge is -2.11. The van der Waals surface area contributed by atoms with Crippen LogP contribution in [0.3, 0.4) is 0 Å². The summed E-state index contributed by atoms with van der Waals surface area (Å²) in [5.74, 6) is -2.36. The van der Waals surface area contributed by atoms with Crippen LogP contribution >= 0.6 is 0 Å². The van der Waals surface area contributed by atoms with Crippen molar-refractivity contribution in [2.24, 2.45) is 10.2 Å². The quantitative estimate of drug-likeness (QED) is 0.0657. The van der Waals surface area contributed by atoms with Crippen molar-refractivity contribution in [3.8, 4) is 11.5 Å². The zero-order chi connectivity index (χ0) is 31.0. The minimum absolute atomic E-state index is 0.0763. The maximum absolute atomic E-state index is 12.1. The number of hydrogen-bond acceptors (Lipinski definition) is 8. The molecule has 0 aliphatic carbocycles. The van der Waals surface area contributed by atoms with Gasteiger partial charge in [0.25, 0.3) is 0 Å². The van der Waals surface area contributed by atoms with Crippen LogP contribution in [0.25, 0.3) is 0 Å². The third kappa shape index (κ3) is 12.0. The number of carboxylic acid groups (broad SMARTS) is 2. The van der Waals surface area contributed by atoms with Gasteiger partial charge in [-0.1, -0.05) is 38.5 Å². The fraction of sp³-hybridized carbons (Fsp3) is 0.364. The van der Waals surface area contributed by atoms with Crippen molar-refractivity contribution < 1.29 is 34.1 Å². The van der Waals surface area contributed by atoms with E-state index in [1.807, 2.05) is 67.5 Å². The highest BCUT2D eigenvalue weighted by Gasteiger charge is 2.14. The molecule has 0 heterocycles. The second kappa shape index (κ2) is 17.3. The Labute approximate surface area is 252 Å². The smallest absolute Gasteiger partial charge is 0.335 e. The van der Waals surface area contributed by atoms with Crippen LogP contribution in [0.4, 0.5) is 17.1 Å². The number of unbranched alkanes of at least 4 members (excludes halogenated alkanes) is 7. The monoisotopic (exact) mass is 589 g/mol. The van der Waals surface area contributed by atoms with E-state index in [4.69, 9.17) is 19.7 Å². The van der Waals surface area contributed by atoms with Crippen molar-refractivity contribution in [2.45, 2.75) is 57.8 Å². The van der Waals surface area contributed by atoms with Gasteiger partial charge in [-0.25, -0.2) is 9.59 Å². The molecule has 0 saturated heterocycles. The minimum Gasteiger partial charge on any atom is -0.494 e. The number of hydrogen-bond donors (Lipinski definition) is 2. The molecule has 0 aromatic heterocycles. The fourth-order valence-corrected chi connectivity index (χ4v) is 4.25. The number of aromatic carboxylic acids is 2. The number of azo groups is 1. The van der Waals surface area contributed by atoms with Gasteiger partial charge < -0.3 is 24.6 Å². The Hall–Kier alpha value is -4.73. The first-order valence-corrected chi connectivity index (χ1v) is 14.5. The van der Waals surface area contributed by atoms with Gasteiger partial charge in [0, 0.05) is 26.2 Å². The summed E-state index contributed by atoms with van der Waals surface area (Å²) in [6.07, 6.45) is 8.09. The van der Waals surface area contributed by atoms with E-state index >= 15 is 0 Å². The average Bonchev–Trinajstić information content (AvgIpc) is 2.99.